The summed E-state index contributed by atoms with van der Waals surface area (Å²) < 4.78 is 0. The van der Waals surface area contributed by atoms with E-state index in [1.165, 1.54) is 5.56 Å². The second-order valence-electron chi connectivity index (χ2n) is 3.88. The van der Waals surface area contributed by atoms with Crippen LogP contribution in [0.2, 0.25) is 0 Å². The van der Waals surface area contributed by atoms with Gasteiger partial charge in [-0.3, -0.25) is 4.99 Å². The van der Waals surface area contributed by atoms with Crippen LogP contribution >= 0.6 is 0 Å². The lowest BCUT2D eigenvalue weighted by atomic mass is 9.87. The topological polar surface area (TPSA) is 64.4 Å². The molecule has 15 heavy (non-hydrogen) atoms. The molecule has 2 rings (SSSR count). The van der Waals surface area contributed by atoms with Gasteiger partial charge in [-0.25, -0.2) is 0 Å². The standard InChI is InChI=1S/C12H15N3/c13-11-12(14,7-4-8-15-11)9-10-5-2-1-3-6-10/h1-8,11H,9,13-14H2. The van der Waals surface area contributed by atoms with Crippen molar-refractivity contribution in [1.82, 2.24) is 0 Å². The molecule has 0 amide bonds. The zero-order valence-electron chi connectivity index (χ0n) is 8.51. The Hall–Kier alpha value is -1.45. The number of nitrogens with zero attached hydrogens (tertiary/aromatic N) is 1. The Kier molecular flexibility index (Phi) is 2.66. The molecule has 1 aliphatic rings. The highest BCUT2D eigenvalue weighted by atomic mass is 15.0. The summed E-state index contributed by atoms with van der Waals surface area (Å²) >= 11 is 0. The van der Waals surface area contributed by atoms with Gasteiger partial charge in [0.25, 0.3) is 0 Å². The third-order valence-corrected chi connectivity index (χ3v) is 2.64. The predicted octanol–water partition coefficient (Wildman–Crippen LogP) is 0.852. The van der Waals surface area contributed by atoms with Crippen LogP contribution in [0.4, 0.5) is 0 Å². The summed E-state index contributed by atoms with van der Waals surface area (Å²) in [6, 6.07) is 10.1. The lowest BCUT2D eigenvalue weighted by molar-refractivity contribution is 0.426. The van der Waals surface area contributed by atoms with Crippen molar-refractivity contribution in [1.29, 1.82) is 0 Å². The molecule has 0 aromatic heterocycles. The fourth-order valence-corrected chi connectivity index (χ4v) is 1.71. The molecule has 0 aliphatic carbocycles. The van der Waals surface area contributed by atoms with E-state index in [2.05, 4.69) is 4.99 Å². The van der Waals surface area contributed by atoms with Gasteiger partial charge in [0, 0.05) is 6.21 Å². The first-order valence-corrected chi connectivity index (χ1v) is 5.00. The van der Waals surface area contributed by atoms with Gasteiger partial charge in [-0.1, -0.05) is 36.4 Å². The quantitative estimate of drug-likeness (QED) is 0.745. The molecule has 2 unspecified atom stereocenters. The number of benzene rings is 1. The molecule has 0 saturated heterocycles. The smallest absolute Gasteiger partial charge is 0.119 e. The number of allylic oxidation sites excluding steroid dienone is 1. The van der Waals surface area contributed by atoms with Gasteiger partial charge < -0.3 is 11.5 Å². The zero-order chi connectivity index (χ0) is 10.7. The lowest BCUT2D eigenvalue weighted by Gasteiger charge is -2.31. The monoisotopic (exact) mass is 201 g/mol. The summed E-state index contributed by atoms with van der Waals surface area (Å²) in [5.74, 6) is 0. The van der Waals surface area contributed by atoms with Gasteiger partial charge in [-0.15, -0.1) is 0 Å². The molecule has 3 heteroatoms. The maximum absolute atomic E-state index is 6.21. The Balaban J connectivity index is 2.18. The SMILES string of the molecule is NC1N=CC=CC1(N)Cc1ccccc1. The van der Waals surface area contributed by atoms with Crippen molar-refractivity contribution in [3.05, 3.63) is 48.0 Å². The van der Waals surface area contributed by atoms with E-state index in [-0.39, 0.29) is 6.17 Å². The number of hydrogen-bond donors (Lipinski definition) is 2. The van der Waals surface area contributed by atoms with Crippen LogP contribution in [0.25, 0.3) is 0 Å². The Morgan fingerprint density at radius 1 is 1.27 bits per heavy atom. The maximum Gasteiger partial charge on any atom is 0.119 e. The predicted molar refractivity (Wildman–Crippen MR) is 62.7 cm³/mol. The van der Waals surface area contributed by atoms with Crippen LogP contribution in [0.3, 0.4) is 0 Å². The van der Waals surface area contributed by atoms with Gasteiger partial charge >= 0.3 is 0 Å². The summed E-state index contributed by atoms with van der Waals surface area (Å²) in [6.07, 6.45) is 5.83. The molecule has 78 valence electrons. The first-order chi connectivity index (χ1) is 7.21. The van der Waals surface area contributed by atoms with Gasteiger partial charge in [0.15, 0.2) is 0 Å². The van der Waals surface area contributed by atoms with Gasteiger partial charge in [-0.2, -0.15) is 0 Å². The molecule has 1 aromatic carbocycles. The number of nitrogens with two attached hydrogens (primary N) is 2. The van der Waals surface area contributed by atoms with Crippen molar-refractivity contribution in [2.75, 3.05) is 0 Å². The molecule has 2 atom stereocenters. The summed E-state index contributed by atoms with van der Waals surface area (Å²) in [6.45, 7) is 0. The van der Waals surface area contributed by atoms with Gasteiger partial charge in [0.2, 0.25) is 0 Å². The third-order valence-electron chi connectivity index (χ3n) is 2.64. The van der Waals surface area contributed by atoms with Crippen molar-refractivity contribution < 1.29 is 0 Å². The van der Waals surface area contributed by atoms with Gasteiger partial charge in [-0.05, 0) is 18.1 Å². The number of hydrogen-bond acceptors (Lipinski definition) is 3. The highest BCUT2D eigenvalue weighted by Gasteiger charge is 2.30. The molecular weight excluding hydrogens is 186 g/mol. The number of rotatable bonds is 2. The second kappa shape index (κ2) is 3.96. The highest BCUT2D eigenvalue weighted by Crippen LogP contribution is 2.18. The maximum atomic E-state index is 6.21. The molecule has 0 radical (unpaired) electrons. The molecule has 0 bridgehead atoms. The van der Waals surface area contributed by atoms with Crippen LogP contribution in [0.5, 0.6) is 0 Å². The fourth-order valence-electron chi connectivity index (χ4n) is 1.71. The largest absolute Gasteiger partial charge is 0.319 e. The minimum Gasteiger partial charge on any atom is -0.319 e. The minimum atomic E-state index is -0.559. The molecule has 0 spiro atoms. The minimum absolute atomic E-state index is 0.359. The summed E-state index contributed by atoms with van der Waals surface area (Å²) in [7, 11) is 0. The van der Waals surface area contributed by atoms with Crippen LogP contribution in [-0.4, -0.2) is 17.9 Å². The number of aliphatic imine (C=N–C) groups is 1. The van der Waals surface area contributed by atoms with Crippen LogP contribution in [0, 0.1) is 0 Å². The summed E-state index contributed by atoms with van der Waals surface area (Å²) in [5.41, 5.74) is 12.7. The summed E-state index contributed by atoms with van der Waals surface area (Å²) in [4.78, 5) is 4.12. The molecular formula is C12H15N3. The second-order valence-corrected chi connectivity index (χ2v) is 3.88. The highest BCUT2D eigenvalue weighted by molar-refractivity contribution is 5.73. The van der Waals surface area contributed by atoms with Crippen molar-refractivity contribution >= 4 is 6.21 Å². The molecule has 0 saturated carbocycles. The first kappa shape index (κ1) is 10.1. The molecule has 4 N–H and O–H groups in total. The average molecular weight is 201 g/mol. The Morgan fingerprint density at radius 3 is 2.67 bits per heavy atom. The van der Waals surface area contributed by atoms with E-state index in [9.17, 15) is 0 Å². The summed E-state index contributed by atoms with van der Waals surface area (Å²) in [5, 5.41) is 0. The fraction of sp³-hybridized carbons (Fsp3) is 0.250. The van der Waals surface area contributed by atoms with E-state index in [0.717, 1.165) is 0 Å². The third kappa shape index (κ3) is 2.14. The van der Waals surface area contributed by atoms with Crippen LogP contribution in [0.15, 0.2) is 47.5 Å². The number of dihydropyridines is 1. The molecule has 3 nitrogen and oxygen atoms in total. The van der Waals surface area contributed by atoms with E-state index >= 15 is 0 Å². The zero-order valence-corrected chi connectivity index (χ0v) is 8.51. The lowest BCUT2D eigenvalue weighted by Crippen LogP contribution is -2.55. The van der Waals surface area contributed by atoms with Crippen molar-refractivity contribution in [3.8, 4) is 0 Å². The van der Waals surface area contributed by atoms with Crippen molar-refractivity contribution in [3.63, 3.8) is 0 Å². The van der Waals surface area contributed by atoms with Gasteiger partial charge in [0.1, 0.15) is 6.17 Å². The molecule has 1 aromatic rings. The molecule has 1 aliphatic heterocycles. The molecule has 1 heterocycles. The van der Waals surface area contributed by atoms with Crippen LogP contribution in [-0.2, 0) is 6.42 Å². The first-order valence-electron chi connectivity index (χ1n) is 5.00. The van der Waals surface area contributed by atoms with E-state index in [4.69, 9.17) is 11.5 Å². The average Bonchev–Trinajstić information content (AvgIpc) is 2.24. The van der Waals surface area contributed by atoms with E-state index in [1.807, 2.05) is 42.5 Å². The van der Waals surface area contributed by atoms with Crippen LogP contribution < -0.4 is 11.5 Å². The van der Waals surface area contributed by atoms with Crippen molar-refractivity contribution in [2.45, 2.75) is 18.1 Å². The van der Waals surface area contributed by atoms with Gasteiger partial charge in [0.05, 0.1) is 5.54 Å². The molecule has 0 fully saturated rings. The normalized spacial score (nSPS) is 29.3. The Bertz CT molecular complexity index is 383. The van der Waals surface area contributed by atoms with Crippen molar-refractivity contribution in [2.24, 2.45) is 16.5 Å². The van der Waals surface area contributed by atoms with E-state index < -0.39 is 5.54 Å². The Labute approximate surface area is 89.5 Å². The van der Waals surface area contributed by atoms with Crippen LogP contribution in [0.1, 0.15) is 5.56 Å². The Morgan fingerprint density at radius 2 is 2.00 bits per heavy atom. The van der Waals surface area contributed by atoms with E-state index in [0.29, 0.717) is 6.42 Å². The van der Waals surface area contributed by atoms with E-state index in [1.54, 1.807) is 6.21 Å².